The van der Waals surface area contributed by atoms with Gasteiger partial charge in [-0.15, -0.1) is 0 Å². The van der Waals surface area contributed by atoms with Crippen molar-refractivity contribution in [2.24, 2.45) is 23.7 Å². The van der Waals surface area contributed by atoms with E-state index in [2.05, 4.69) is 45.0 Å². The van der Waals surface area contributed by atoms with Crippen molar-refractivity contribution < 1.29 is 0 Å². The fourth-order valence-electron chi connectivity index (χ4n) is 6.23. The summed E-state index contributed by atoms with van der Waals surface area (Å²) in [5.41, 5.74) is 3.16. The number of aryl methyl sites for hydroxylation is 1. The summed E-state index contributed by atoms with van der Waals surface area (Å²) in [5.74, 6) is 4.79. The van der Waals surface area contributed by atoms with Gasteiger partial charge in [0.1, 0.15) is 0 Å². The molecule has 2 aliphatic rings. The second-order valence-electron chi connectivity index (χ2n) is 9.93. The zero-order chi connectivity index (χ0) is 19.1. The zero-order valence-electron chi connectivity index (χ0n) is 18.4. The average Bonchev–Trinajstić information content (AvgIpc) is 2.70. The molecule has 1 unspecified atom stereocenters. The van der Waals surface area contributed by atoms with E-state index in [-0.39, 0.29) is 0 Å². The summed E-state index contributed by atoms with van der Waals surface area (Å²) in [4.78, 5) is 0. The Kier molecular flexibility index (Phi) is 8.28. The van der Waals surface area contributed by atoms with Gasteiger partial charge in [-0.25, -0.2) is 0 Å². The molecule has 3 rings (SSSR count). The smallest absolute Gasteiger partial charge is 0.0136 e. The lowest BCUT2D eigenvalue weighted by Gasteiger charge is -2.41. The predicted molar refractivity (Wildman–Crippen MR) is 119 cm³/mol. The Balaban J connectivity index is 1.48. The summed E-state index contributed by atoms with van der Waals surface area (Å²) in [6, 6.07) is 9.75. The van der Waals surface area contributed by atoms with Crippen LogP contribution in [-0.2, 0) is 6.42 Å². The minimum Gasteiger partial charge on any atom is -0.0654 e. The van der Waals surface area contributed by atoms with Crippen LogP contribution in [0.15, 0.2) is 24.3 Å². The van der Waals surface area contributed by atoms with Crippen LogP contribution in [0.4, 0.5) is 0 Å². The normalized spacial score (nSPS) is 31.7. The van der Waals surface area contributed by atoms with Gasteiger partial charge < -0.3 is 0 Å². The molecule has 2 fully saturated rings. The minimum absolute atomic E-state index is 0.808. The maximum Gasteiger partial charge on any atom is -0.0136 e. The van der Waals surface area contributed by atoms with Gasteiger partial charge in [-0.2, -0.15) is 0 Å². The van der Waals surface area contributed by atoms with E-state index in [1.165, 1.54) is 89.0 Å². The van der Waals surface area contributed by atoms with Crippen LogP contribution in [0.3, 0.4) is 0 Å². The van der Waals surface area contributed by atoms with Crippen molar-refractivity contribution in [3.05, 3.63) is 35.4 Å². The third-order valence-electron chi connectivity index (χ3n) is 7.94. The van der Waals surface area contributed by atoms with Crippen LogP contribution in [-0.4, -0.2) is 0 Å². The number of unbranched alkanes of at least 4 members (excludes halogenated alkanes) is 2. The second-order valence-corrected chi connectivity index (χ2v) is 9.93. The first-order chi connectivity index (χ1) is 13.2. The third-order valence-corrected chi connectivity index (χ3v) is 7.94. The van der Waals surface area contributed by atoms with E-state index in [1.807, 2.05) is 0 Å². The van der Waals surface area contributed by atoms with E-state index in [1.54, 1.807) is 5.56 Å². The van der Waals surface area contributed by atoms with Gasteiger partial charge in [-0.05, 0) is 85.7 Å². The largest absolute Gasteiger partial charge is 0.0654 e. The molecule has 152 valence electrons. The molecule has 0 aromatic heterocycles. The van der Waals surface area contributed by atoms with Crippen molar-refractivity contribution >= 4 is 0 Å². The monoisotopic (exact) mass is 368 g/mol. The van der Waals surface area contributed by atoms with E-state index >= 15 is 0 Å². The van der Waals surface area contributed by atoms with Gasteiger partial charge in [0.25, 0.3) is 0 Å². The topological polar surface area (TPSA) is 0 Å². The van der Waals surface area contributed by atoms with E-state index in [9.17, 15) is 0 Å². The summed E-state index contributed by atoms with van der Waals surface area (Å²) < 4.78 is 0. The maximum absolute atomic E-state index is 2.54. The quantitative estimate of drug-likeness (QED) is 0.403. The van der Waals surface area contributed by atoms with Crippen LogP contribution in [0.5, 0.6) is 0 Å². The highest BCUT2D eigenvalue weighted by Crippen LogP contribution is 2.46. The van der Waals surface area contributed by atoms with Crippen molar-refractivity contribution in [3.8, 4) is 0 Å². The summed E-state index contributed by atoms with van der Waals surface area (Å²) in [6.07, 6.45) is 18.6. The van der Waals surface area contributed by atoms with Crippen LogP contribution in [0.25, 0.3) is 0 Å². The Hall–Kier alpha value is -0.780. The van der Waals surface area contributed by atoms with Crippen LogP contribution in [0.2, 0.25) is 0 Å². The fourth-order valence-corrected chi connectivity index (χ4v) is 6.23. The summed E-state index contributed by atoms with van der Waals surface area (Å²) in [7, 11) is 0. The first-order valence-electron chi connectivity index (χ1n) is 12.3. The third kappa shape index (κ3) is 5.85. The molecule has 0 aliphatic heterocycles. The molecule has 0 nitrogen and oxygen atoms in total. The van der Waals surface area contributed by atoms with Crippen molar-refractivity contribution in [2.45, 2.75) is 110 Å². The van der Waals surface area contributed by atoms with Crippen molar-refractivity contribution in [1.82, 2.24) is 0 Å². The lowest BCUT2D eigenvalue weighted by atomic mass is 9.65. The van der Waals surface area contributed by atoms with Crippen LogP contribution >= 0.6 is 0 Å². The zero-order valence-corrected chi connectivity index (χ0v) is 18.4. The van der Waals surface area contributed by atoms with Gasteiger partial charge in [0, 0.05) is 0 Å². The molecule has 2 aliphatic carbocycles. The molecule has 3 atom stereocenters. The molecule has 0 heteroatoms. The van der Waals surface area contributed by atoms with Crippen LogP contribution in [0.1, 0.15) is 115 Å². The maximum atomic E-state index is 2.54. The molecule has 0 N–H and O–H groups in total. The molecular formula is C27H44. The number of rotatable bonds is 8. The van der Waals surface area contributed by atoms with Crippen molar-refractivity contribution in [3.63, 3.8) is 0 Å². The van der Waals surface area contributed by atoms with Crippen LogP contribution < -0.4 is 0 Å². The number of hydrogen-bond acceptors (Lipinski definition) is 0. The Morgan fingerprint density at radius 1 is 0.778 bits per heavy atom. The average molecular weight is 369 g/mol. The summed E-state index contributed by atoms with van der Waals surface area (Å²) >= 11 is 0. The summed E-state index contributed by atoms with van der Waals surface area (Å²) in [5, 5.41) is 0. The van der Waals surface area contributed by atoms with Crippen molar-refractivity contribution in [2.75, 3.05) is 0 Å². The highest BCUT2D eigenvalue weighted by atomic mass is 14.4. The van der Waals surface area contributed by atoms with Crippen molar-refractivity contribution in [1.29, 1.82) is 0 Å². The minimum atomic E-state index is 0.808. The molecule has 2 saturated carbocycles. The van der Waals surface area contributed by atoms with Gasteiger partial charge in [0.05, 0.1) is 0 Å². The van der Waals surface area contributed by atoms with Gasteiger partial charge in [-0.1, -0.05) is 83.6 Å². The molecule has 0 spiro atoms. The fraction of sp³-hybridized carbons (Fsp3) is 0.778. The first-order valence-corrected chi connectivity index (χ1v) is 12.3. The molecule has 0 radical (unpaired) electrons. The lowest BCUT2D eigenvalue weighted by Crippen LogP contribution is -2.29. The molecule has 0 bridgehead atoms. The van der Waals surface area contributed by atoms with E-state index in [4.69, 9.17) is 0 Å². The van der Waals surface area contributed by atoms with Gasteiger partial charge in [0.2, 0.25) is 0 Å². The number of benzene rings is 1. The van der Waals surface area contributed by atoms with Crippen LogP contribution in [0, 0.1) is 23.7 Å². The molecule has 1 aromatic rings. The van der Waals surface area contributed by atoms with E-state index < -0.39 is 0 Å². The van der Waals surface area contributed by atoms with Gasteiger partial charge >= 0.3 is 0 Å². The Bertz CT molecular complexity index is 519. The lowest BCUT2D eigenvalue weighted by molar-refractivity contribution is 0.130. The van der Waals surface area contributed by atoms with E-state index in [0.29, 0.717) is 0 Å². The first kappa shape index (κ1) is 20.9. The SMILES string of the molecule is CCCCCc1ccc([C@@H]2CCC([C@H]3CC[C@H](CCC)CC3)C[C@H]2C)cc1. The predicted octanol–water partition coefficient (Wildman–Crippen LogP) is 8.55. The Morgan fingerprint density at radius 2 is 1.48 bits per heavy atom. The molecule has 1 aromatic carbocycles. The molecule has 0 heterocycles. The Labute approximate surface area is 169 Å². The molecule has 0 amide bonds. The van der Waals surface area contributed by atoms with Gasteiger partial charge in [-0.3, -0.25) is 0 Å². The molecule has 0 saturated heterocycles. The highest BCUT2D eigenvalue weighted by molar-refractivity contribution is 5.26. The molecule has 27 heavy (non-hydrogen) atoms. The number of hydrogen-bond donors (Lipinski definition) is 0. The van der Waals surface area contributed by atoms with Gasteiger partial charge in [0.15, 0.2) is 0 Å². The molecular weight excluding hydrogens is 324 g/mol. The van der Waals surface area contributed by atoms with E-state index in [0.717, 1.165) is 29.6 Å². The standard InChI is InChI=1S/C27H44/c1-4-6-7-9-23-12-16-25(17-13-23)27-19-18-26(20-21(27)3)24-14-10-22(8-5-2)11-15-24/h12-13,16-17,21-22,24,26-27H,4-11,14-15,18-20H2,1-3H3/t21-,22-,24-,26?,27-/m1/s1. The second kappa shape index (κ2) is 10.7. The highest BCUT2D eigenvalue weighted by Gasteiger charge is 2.34. The Morgan fingerprint density at radius 3 is 2.11 bits per heavy atom. The summed E-state index contributed by atoms with van der Waals surface area (Å²) in [6.45, 7) is 7.18.